The zero-order valence-corrected chi connectivity index (χ0v) is 8.36. The topological polar surface area (TPSA) is 9.23 Å². The van der Waals surface area contributed by atoms with E-state index >= 15 is 0 Å². The molecule has 1 aromatic rings. The third-order valence-corrected chi connectivity index (χ3v) is 1.97. The van der Waals surface area contributed by atoms with E-state index in [1.807, 2.05) is 0 Å². The number of halogens is 3. The highest BCUT2D eigenvalue weighted by Crippen LogP contribution is 2.19. The maximum atomic E-state index is 13.0. The number of benzene rings is 1. The van der Waals surface area contributed by atoms with Crippen molar-refractivity contribution in [1.29, 1.82) is 0 Å². The number of rotatable bonds is 5. The fourth-order valence-corrected chi connectivity index (χ4v) is 1.16. The Morgan fingerprint density at radius 1 is 1.21 bits per heavy atom. The number of alkyl halides is 1. The quantitative estimate of drug-likeness (QED) is 0.546. The molecule has 0 bridgehead atoms. The molecule has 0 saturated heterocycles. The largest absolute Gasteiger partial charge is 0.490 e. The van der Waals surface area contributed by atoms with Crippen molar-refractivity contribution in [1.82, 2.24) is 0 Å². The first kappa shape index (κ1) is 11.2. The predicted molar refractivity (Wildman–Crippen MR) is 51.8 cm³/mol. The van der Waals surface area contributed by atoms with Crippen LogP contribution in [-0.2, 0) is 0 Å². The lowest BCUT2D eigenvalue weighted by Crippen LogP contribution is -2.00. The lowest BCUT2D eigenvalue weighted by atomic mass is 10.3. The standard InChI is InChI=1S/C10H11ClF2O/c11-6-1-2-7-14-9-5-3-4-8(12)10(9)13/h3-5H,1-2,6-7H2. The number of ether oxygens (including phenoxy) is 1. The molecule has 14 heavy (non-hydrogen) atoms. The number of hydrogen-bond donors (Lipinski definition) is 0. The molecule has 0 aliphatic rings. The Labute approximate surface area is 86.6 Å². The summed E-state index contributed by atoms with van der Waals surface area (Å²) in [5.41, 5.74) is 0. The van der Waals surface area contributed by atoms with Crippen molar-refractivity contribution in [3.8, 4) is 5.75 Å². The van der Waals surface area contributed by atoms with E-state index in [2.05, 4.69) is 0 Å². The molecular formula is C10H11ClF2O. The van der Waals surface area contributed by atoms with Crippen LogP contribution in [0, 0.1) is 11.6 Å². The summed E-state index contributed by atoms with van der Waals surface area (Å²) in [4.78, 5) is 0. The summed E-state index contributed by atoms with van der Waals surface area (Å²) in [6.45, 7) is 0.354. The first-order chi connectivity index (χ1) is 6.75. The van der Waals surface area contributed by atoms with E-state index in [0.717, 1.165) is 18.9 Å². The molecule has 0 spiro atoms. The second kappa shape index (κ2) is 5.81. The van der Waals surface area contributed by atoms with Crippen LogP contribution in [0.2, 0.25) is 0 Å². The van der Waals surface area contributed by atoms with Gasteiger partial charge in [-0.1, -0.05) is 6.07 Å². The van der Waals surface area contributed by atoms with Gasteiger partial charge in [-0.05, 0) is 25.0 Å². The maximum Gasteiger partial charge on any atom is 0.200 e. The first-order valence-electron chi connectivity index (χ1n) is 4.38. The molecule has 0 atom stereocenters. The summed E-state index contributed by atoms with van der Waals surface area (Å²) in [7, 11) is 0. The zero-order chi connectivity index (χ0) is 10.4. The minimum atomic E-state index is -0.932. The van der Waals surface area contributed by atoms with Gasteiger partial charge in [-0.25, -0.2) is 4.39 Å². The van der Waals surface area contributed by atoms with E-state index in [-0.39, 0.29) is 5.75 Å². The van der Waals surface area contributed by atoms with Crippen molar-refractivity contribution in [2.45, 2.75) is 12.8 Å². The molecule has 0 heterocycles. The van der Waals surface area contributed by atoms with Crippen LogP contribution in [-0.4, -0.2) is 12.5 Å². The molecule has 1 rings (SSSR count). The third-order valence-electron chi connectivity index (χ3n) is 1.70. The second-order valence-corrected chi connectivity index (χ2v) is 3.17. The highest BCUT2D eigenvalue weighted by molar-refractivity contribution is 6.17. The van der Waals surface area contributed by atoms with Crippen molar-refractivity contribution >= 4 is 11.6 Å². The summed E-state index contributed by atoms with van der Waals surface area (Å²) >= 11 is 5.45. The molecule has 0 radical (unpaired) electrons. The highest BCUT2D eigenvalue weighted by Gasteiger charge is 2.07. The van der Waals surface area contributed by atoms with Crippen molar-refractivity contribution in [2.75, 3.05) is 12.5 Å². The molecule has 0 aliphatic carbocycles. The van der Waals surface area contributed by atoms with Crippen molar-refractivity contribution in [3.05, 3.63) is 29.8 Å². The average molecular weight is 221 g/mol. The maximum absolute atomic E-state index is 13.0. The van der Waals surface area contributed by atoms with Gasteiger partial charge in [0.25, 0.3) is 0 Å². The minimum Gasteiger partial charge on any atom is -0.490 e. The zero-order valence-electron chi connectivity index (χ0n) is 7.60. The van der Waals surface area contributed by atoms with Gasteiger partial charge >= 0.3 is 0 Å². The molecular weight excluding hydrogens is 210 g/mol. The van der Waals surface area contributed by atoms with Crippen LogP contribution in [0.25, 0.3) is 0 Å². The predicted octanol–water partition coefficient (Wildman–Crippen LogP) is 3.36. The Bertz CT molecular complexity index is 291. The van der Waals surface area contributed by atoms with E-state index < -0.39 is 11.6 Å². The molecule has 78 valence electrons. The summed E-state index contributed by atoms with van der Waals surface area (Å²) in [5.74, 6) is -1.31. The van der Waals surface area contributed by atoms with Crippen molar-refractivity contribution in [2.24, 2.45) is 0 Å². The molecule has 1 aromatic carbocycles. The van der Waals surface area contributed by atoms with Gasteiger partial charge < -0.3 is 4.74 Å². The van der Waals surface area contributed by atoms with Crippen LogP contribution in [0.4, 0.5) is 8.78 Å². The molecule has 0 fully saturated rings. The van der Waals surface area contributed by atoms with E-state index in [1.165, 1.54) is 12.1 Å². The highest BCUT2D eigenvalue weighted by atomic mass is 35.5. The average Bonchev–Trinajstić information content (AvgIpc) is 2.19. The van der Waals surface area contributed by atoms with Crippen molar-refractivity contribution in [3.63, 3.8) is 0 Å². The van der Waals surface area contributed by atoms with Crippen LogP contribution < -0.4 is 4.74 Å². The molecule has 0 N–H and O–H groups in total. The minimum absolute atomic E-state index is 0.0421. The molecule has 1 nitrogen and oxygen atoms in total. The summed E-state index contributed by atoms with van der Waals surface area (Å²) in [6.07, 6.45) is 1.54. The van der Waals surface area contributed by atoms with Gasteiger partial charge in [0.1, 0.15) is 0 Å². The Balaban J connectivity index is 2.46. The van der Waals surface area contributed by atoms with Gasteiger partial charge in [0.15, 0.2) is 11.6 Å². The van der Waals surface area contributed by atoms with Crippen LogP contribution >= 0.6 is 11.6 Å². The first-order valence-corrected chi connectivity index (χ1v) is 4.92. The summed E-state index contributed by atoms with van der Waals surface area (Å²) in [5, 5.41) is 0. The second-order valence-electron chi connectivity index (χ2n) is 2.80. The van der Waals surface area contributed by atoms with E-state index in [0.29, 0.717) is 12.5 Å². The smallest absolute Gasteiger partial charge is 0.200 e. The van der Waals surface area contributed by atoms with Crippen LogP contribution in [0.1, 0.15) is 12.8 Å². The molecule has 0 saturated carbocycles. The fraction of sp³-hybridized carbons (Fsp3) is 0.400. The Kier molecular flexibility index (Phi) is 4.66. The number of unbranched alkanes of at least 4 members (excludes halogenated alkanes) is 1. The SMILES string of the molecule is Fc1cccc(OCCCCCl)c1F. The molecule has 0 aromatic heterocycles. The fourth-order valence-electron chi connectivity index (χ4n) is 0.974. The Morgan fingerprint density at radius 2 is 2.00 bits per heavy atom. The van der Waals surface area contributed by atoms with Gasteiger partial charge in [-0.15, -0.1) is 11.6 Å². The lowest BCUT2D eigenvalue weighted by molar-refractivity contribution is 0.289. The molecule has 4 heteroatoms. The summed E-state index contributed by atoms with van der Waals surface area (Å²) < 4.78 is 30.7. The van der Waals surface area contributed by atoms with E-state index in [9.17, 15) is 8.78 Å². The normalized spacial score (nSPS) is 10.2. The summed E-state index contributed by atoms with van der Waals surface area (Å²) in [6, 6.07) is 3.87. The van der Waals surface area contributed by atoms with Gasteiger partial charge in [0, 0.05) is 5.88 Å². The molecule has 0 unspecified atom stereocenters. The van der Waals surface area contributed by atoms with Crippen LogP contribution in [0.5, 0.6) is 5.75 Å². The van der Waals surface area contributed by atoms with Gasteiger partial charge in [0.2, 0.25) is 5.82 Å². The van der Waals surface area contributed by atoms with E-state index in [1.54, 1.807) is 0 Å². The number of hydrogen-bond acceptors (Lipinski definition) is 1. The van der Waals surface area contributed by atoms with Gasteiger partial charge in [-0.2, -0.15) is 4.39 Å². The van der Waals surface area contributed by atoms with Gasteiger partial charge in [0.05, 0.1) is 6.61 Å². The van der Waals surface area contributed by atoms with Crippen molar-refractivity contribution < 1.29 is 13.5 Å². The Hall–Kier alpha value is -0.830. The van der Waals surface area contributed by atoms with E-state index in [4.69, 9.17) is 16.3 Å². The Morgan fingerprint density at radius 3 is 2.71 bits per heavy atom. The van der Waals surface area contributed by atoms with Crippen LogP contribution in [0.3, 0.4) is 0 Å². The van der Waals surface area contributed by atoms with Crippen LogP contribution in [0.15, 0.2) is 18.2 Å². The third kappa shape index (κ3) is 3.14. The molecule has 0 amide bonds. The monoisotopic (exact) mass is 220 g/mol. The van der Waals surface area contributed by atoms with Gasteiger partial charge in [-0.3, -0.25) is 0 Å². The molecule has 0 aliphatic heterocycles. The lowest BCUT2D eigenvalue weighted by Gasteiger charge is -2.06.